The monoisotopic (exact) mass is 306 g/mol. The molecule has 0 aliphatic carbocycles. The molecule has 0 unspecified atom stereocenters. The van der Waals surface area contributed by atoms with Crippen LogP contribution in [0, 0.1) is 0 Å². The number of rotatable bonds is 6. The average molecular weight is 307 g/mol. The second kappa shape index (κ2) is 7.05. The molecule has 5 heteroatoms. The van der Waals surface area contributed by atoms with Gasteiger partial charge in [-0.25, -0.2) is 9.67 Å². The molecule has 1 heterocycles. The highest BCUT2D eigenvalue weighted by molar-refractivity contribution is 6.31. The Morgan fingerprint density at radius 2 is 2.00 bits per heavy atom. The highest BCUT2D eigenvalue weighted by atomic mass is 35.5. The maximum atomic E-state index is 6.40. The summed E-state index contributed by atoms with van der Waals surface area (Å²) in [6, 6.07) is 6.34. The fraction of sp³-hybridized carbons (Fsp3) is 0.500. The Balaban J connectivity index is 2.47. The predicted octanol–water partition coefficient (Wildman–Crippen LogP) is 3.54. The zero-order valence-corrected chi connectivity index (χ0v) is 13.9. The first kappa shape index (κ1) is 16.0. The molecule has 2 aromatic rings. The first-order valence-corrected chi connectivity index (χ1v) is 7.90. The fourth-order valence-corrected chi connectivity index (χ4v) is 2.43. The van der Waals surface area contributed by atoms with Crippen molar-refractivity contribution in [2.75, 3.05) is 0 Å². The Kier molecular flexibility index (Phi) is 5.37. The van der Waals surface area contributed by atoms with Crippen LogP contribution in [0.4, 0.5) is 0 Å². The lowest BCUT2D eigenvalue weighted by Gasteiger charge is -2.15. The Hall–Kier alpha value is -1.39. The molecule has 0 fully saturated rings. The maximum absolute atomic E-state index is 6.40. The lowest BCUT2D eigenvalue weighted by molar-refractivity contribution is 0.586. The van der Waals surface area contributed by atoms with Crippen LogP contribution in [-0.4, -0.2) is 20.8 Å². The molecule has 0 atom stereocenters. The van der Waals surface area contributed by atoms with Gasteiger partial charge in [-0.2, -0.15) is 5.10 Å². The SMILES string of the molecule is CCc1nc(CC)n(-c2cccc(Cl)c2CNC(C)C)n1. The van der Waals surface area contributed by atoms with E-state index in [-0.39, 0.29) is 0 Å². The third kappa shape index (κ3) is 3.63. The highest BCUT2D eigenvalue weighted by Crippen LogP contribution is 2.24. The van der Waals surface area contributed by atoms with Gasteiger partial charge in [0.1, 0.15) is 5.82 Å². The normalized spacial score (nSPS) is 11.3. The van der Waals surface area contributed by atoms with E-state index in [4.69, 9.17) is 11.6 Å². The summed E-state index contributed by atoms with van der Waals surface area (Å²) in [6.07, 6.45) is 1.68. The number of aryl methyl sites for hydroxylation is 2. The summed E-state index contributed by atoms with van der Waals surface area (Å²) in [5, 5.41) is 8.80. The van der Waals surface area contributed by atoms with Gasteiger partial charge in [0.25, 0.3) is 0 Å². The Morgan fingerprint density at radius 3 is 2.62 bits per heavy atom. The number of nitrogens with zero attached hydrogens (tertiary/aromatic N) is 3. The first-order chi connectivity index (χ1) is 10.1. The number of benzene rings is 1. The molecule has 4 nitrogen and oxygen atoms in total. The van der Waals surface area contributed by atoms with Crippen molar-refractivity contribution in [1.29, 1.82) is 0 Å². The molecule has 0 radical (unpaired) electrons. The molecular formula is C16H23ClN4. The van der Waals surface area contributed by atoms with E-state index in [2.05, 4.69) is 49.2 Å². The third-order valence-corrected chi connectivity index (χ3v) is 3.71. The Morgan fingerprint density at radius 1 is 1.24 bits per heavy atom. The van der Waals surface area contributed by atoms with Crippen LogP contribution < -0.4 is 5.32 Å². The van der Waals surface area contributed by atoms with E-state index in [9.17, 15) is 0 Å². The van der Waals surface area contributed by atoms with Crippen LogP contribution in [0.5, 0.6) is 0 Å². The summed E-state index contributed by atoms with van der Waals surface area (Å²) in [4.78, 5) is 4.58. The topological polar surface area (TPSA) is 42.7 Å². The van der Waals surface area contributed by atoms with Crippen molar-refractivity contribution < 1.29 is 0 Å². The molecule has 1 N–H and O–H groups in total. The molecule has 2 rings (SSSR count). The molecule has 114 valence electrons. The van der Waals surface area contributed by atoms with Crippen molar-refractivity contribution in [1.82, 2.24) is 20.1 Å². The van der Waals surface area contributed by atoms with Crippen molar-refractivity contribution >= 4 is 11.6 Å². The number of aromatic nitrogens is 3. The standard InChI is InChI=1S/C16H23ClN4/c1-5-15-19-16(6-2)21(20-15)14-9-7-8-13(17)12(14)10-18-11(3)4/h7-9,11,18H,5-6,10H2,1-4H3. The van der Waals surface area contributed by atoms with E-state index < -0.39 is 0 Å². The summed E-state index contributed by atoms with van der Waals surface area (Å²) in [7, 11) is 0. The quantitative estimate of drug-likeness (QED) is 0.887. The van der Waals surface area contributed by atoms with Crippen LogP contribution in [0.25, 0.3) is 5.69 Å². The summed E-state index contributed by atoms with van der Waals surface area (Å²) >= 11 is 6.40. The number of hydrogen-bond acceptors (Lipinski definition) is 3. The second-order valence-electron chi connectivity index (χ2n) is 5.34. The smallest absolute Gasteiger partial charge is 0.151 e. The molecule has 0 saturated carbocycles. The van der Waals surface area contributed by atoms with Crippen LogP contribution >= 0.6 is 11.6 Å². The van der Waals surface area contributed by atoms with E-state index in [1.54, 1.807) is 0 Å². The lowest BCUT2D eigenvalue weighted by Crippen LogP contribution is -2.23. The van der Waals surface area contributed by atoms with Gasteiger partial charge < -0.3 is 5.32 Å². The molecule has 0 bridgehead atoms. The van der Waals surface area contributed by atoms with Gasteiger partial charge in [-0.15, -0.1) is 0 Å². The minimum Gasteiger partial charge on any atom is -0.310 e. The zero-order valence-electron chi connectivity index (χ0n) is 13.2. The first-order valence-electron chi connectivity index (χ1n) is 7.52. The maximum Gasteiger partial charge on any atom is 0.151 e. The molecule has 0 aliphatic rings. The van der Waals surface area contributed by atoms with Crippen LogP contribution in [0.2, 0.25) is 5.02 Å². The van der Waals surface area contributed by atoms with Gasteiger partial charge in [-0.05, 0) is 12.1 Å². The Bertz CT molecular complexity index is 604. The van der Waals surface area contributed by atoms with Gasteiger partial charge in [-0.3, -0.25) is 0 Å². The van der Waals surface area contributed by atoms with E-state index >= 15 is 0 Å². The van der Waals surface area contributed by atoms with Crippen molar-refractivity contribution in [2.24, 2.45) is 0 Å². The van der Waals surface area contributed by atoms with Crippen LogP contribution in [0.15, 0.2) is 18.2 Å². The number of nitrogens with one attached hydrogen (secondary N) is 1. The zero-order chi connectivity index (χ0) is 15.4. The van der Waals surface area contributed by atoms with E-state index in [1.807, 2.05) is 16.8 Å². The summed E-state index contributed by atoms with van der Waals surface area (Å²) in [6.45, 7) is 9.13. The Labute approximate surface area is 131 Å². The summed E-state index contributed by atoms with van der Waals surface area (Å²) < 4.78 is 1.93. The van der Waals surface area contributed by atoms with Gasteiger partial charge >= 0.3 is 0 Å². The van der Waals surface area contributed by atoms with Crippen molar-refractivity contribution in [2.45, 2.75) is 53.1 Å². The van der Waals surface area contributed by atoms with Crippen molar-refractivity contribution in [3.63, 3.8) is 0 Å². The summed E-state index contributed by atoms with van der Waals surface area (Å²) in [5.41, 5.74) is 2.08. The predicted molar refractivity (Wildman–Crippen MR) is 87.1 cm³/mol. The summed E-state index contributed by atoms with van der Waals surface area (Å²) in [5.74, 6) is 1.84. The molecule has 0 amide bonds. The van der Waals surface area contributed by atoms with E-state index in [1.165, 1.54) is 0 Å². The molecule has 0 aliphatic heterocycles. The molecule has 1 aromatic carbocycles. The van der Waals surface area contributed by atoms with Gasteiger partial charge in [0.05, 0.1) is 5.69 Å². The minimum atomic E-state index is 0.404. The lowest BCUT2D eigenvalue weighted by atomic mass is 10.1. The molecule has 0 spiro atoms. The minimum absolute atomic E-state index is 0.404. The number of hydrogen-bond donors (Lipinski definition) is 1. The fourth-order valence-electron chi connectivity index (χ4n) is 2.19. The molecule has 1 aromatic heterocycles. The third-order valence-electron chi connectivity index (χ3n) is 3.36. The largest absolute Gasteiger partial charge is 0.310 e. The second-order valence-corrected chi connectivity index (χ2v) is 5.74. The van der Waals surface area contributed by atoms with Gasteiger partial charge in [0.15, 0.2) is 5.82 Å². The average Bonchev–Trinajstić information content (AvgIpc) is 2.88. The molecule has 0 saturated heterocycles. The van der Waals surface area contributed by atoms with E-state index in [0.29, 0.717) is 6.04 Å². The number of halogens is 1. The highest BCUT2D eigenvalue weighted by Gasteiger charge is 2.14. The van der Waals surface area contributed by atoms with Crippen molar-refractivity contribution in [3.8, 4) is 5.69 Å². The van der Waals surface area contributed by atoms with Crippen LogP contribution in [0.1, 0.15) is 44.9 Å². The van der Waals surface area contributed by atoms with Gasteiger partial charge in [0.2, 0.25) is 0 Å². The molecular weight excluding hydrogens is 284 g/mol. The van der Waals surface area contributed by atoms with Gasteiger partial charge in [-0.1, -0.05) is 45.4 Å². The van der Waals surface area contributed by atoms with Crippen LogP contribution in [-0.2, 0) is 19.4 Å². The van der Waals surface area contributed by atoms with Crippen LogP contribution in [0.3, 0.4) is 0 Å². The van der Waals surface area contributed by atoms with Gasteiger partial charge in [0, 0.05) is 36.0 Å². The van der Waals surface area contributed by atoms with Crippen molar-refractivity contribution in [3.05, 3.63) is 40.4 Å². The van der Waals surface area contributed by atoms with E-state index in [0.717, 1.165) is 47.3 Å². The molecule has 21 heavy (non-hydrogen) atoms.